The average molecular weight is 393 g/mol. The van der Waals surface area contributed by atoms with Crippen LogP contribution in [0.2, 0.25) is 5.02 Å². The van der Waals surface area contributed by atoms with Crippen LogP contribution >= 0.6 is 23.8 Å². The van der Waals surface area contributed by atoms with Crippen LogP contribution in [0.3, 0.4) is 0 Å². The first-order valence-corrected chi connectivity index (χ1v) is 8.37. The molecule has 0 aliphatic heterocycles. The van der Waals surface area contributed by atoms with Crippen LogP contribution in [0.15, 0.2) is 42.5 Å². The summed E-state index contributed by atoms with van der Waals surface area (Å²) in [5.41, 5.74) is 1.98. The number of likely N-dealkylation sites (N-methyl/N-ethyl adjacent to an activating group) is 1. The van der Waals surface area contributed by atoms with Crippen LogP contribution < -0.4 is 10.6 Å². The first-order chi connectivity index (χ1) is 12.3. The zero-order valence-electron chi connectivity index (χ0n) is 14.2. The summed E-state index contributed by atoms with van der Waals surface area (Å²) in [6.45, 7) is 1.97. The Morgan fingerprint density at radius 2 is 1.88 bits per heavy atom. The minimum Gasteiger partial charge on any atom is -0.343 e. The molecule has 0 spiro atoms. The number of aryl methyl sites for hydroxylation is 1. The standard InChI is InChI=1S/C17H17ClN4O3S/c1-11-3-5-12(6-4-11)19-16(23)10-21(2)17(26)20-15-9-13(22(24)25)7-8-14(15)18/h3-9H,10H2,1-2H3,(H,19,23)(H,20,26). The van der Waals surface area contributed by atoms with Crippen molar-refractivity contribution in [3.8, 4) is 0 Å². The number of nitrogens with one attached hydrogen (secondary N) is 2. The lowest BCUT2D eigenvalue weighted by molar-refractivity contribution is -0.384. The number of nitro benzene ring substituents is 1. The lowest BCUT2D eigenvalue weighted by Crippen LogP contribution is -2.37. The Bertz CT molecular complexity index is 842. The average Bonchev–Trinajstić information content (AvgIpc) is 2.58. The van der Waals surface area contributed by atoms with Crippen molar-refractivity contribution in [2.24, 2.45) is 0 Å². The maximum Gasteiger partial charge on any atom is 0.271 e. The van der Waals surface area contributed by atoms with Crippen molar-refractivity contribution in [2.45, 2.75) is 6.92 Å². The molecule has 2 aromatic rings. The number of amides is 1. The number of carbonyl (C=O) groups excluding carboxylic acids is 1. The van der Waals surface area contributed by atoms with Gasteiger partial charge in [-0.25, -0.2) is 0 Å². The molecule has 0 heterocycles. The van der Waals surface area contributed by atoms with Gasteiger partial charge in [-0.1, -0.05) is 29.3 Å². The molecule has 136 valence electrons. The Morgan fingerprint density at radius 3 is 2.50 bits per heavy atom. The minimum absolute atomic E-state index is 0.00621. The SMILES string of the molecule is Cc1ccc(NC(=O)CN(C)C(=S)Nc2cc([N+](=O)[O-])ccc2Cl)cc1. The Hall–Kier alpha value is -2.71. The van der Waals surface area contributed by atoms with Gasteiger partial charge in [0.1, 0.15) is 0 Å². The molecule has 0 radical (unpaired) electrons. The highest BCUT2D eigenvalue weighted by molar-refractivity contribution is 7.80. The summed E-state index contributed by atoms with van der Waals surface area (Å²) in [4.78, 5) is 24.0. The molecule has 7 nitrogen and oxygen atoms in total. The molecule has 0 aliphatic carbocycles. The number of halogens is 1. The van der Waals surface area contributed by atoms with Crippen LogP contribution in [0.5, 0.6) is 0 Å². The largest absolute Gasteiger partial charge is 0.343 e. The van der Waals surface area contributed by atoms with E-state index < -0.39 is 4.92 Å². The minimum atomic E-state index is -0.525. The van der Waals surface area contributed by atoms with Crippen LogP contribution in [0.1, 0.15) is 5.56 Å². The monoisotopic (exact) mass is 392 g/mol. The quantitative estimate of drug-likeness (QED) is 0.457. The fraction of sp³-hybridized carbons (Fsp3) is 0.176. The van der Waals surface area contributed by atoms with E-state index in [4.69, 9.17) is 23.8 Å². The van der Waals surface area contributed by atoms with Crippen molar-refractivity contribution in [1.29, 1.82) is 0 Å². The highest BCUT2D eigenvalue weighted by Gasteiger charge is 2.14. The van der Waals surface area contributed by atoms with Crippen molar-refractivity contribution in [2.75, 3.05) is 24.2 Å². The third kappa shape index (κ3) is 5.40. The van der Waals surface area contributed by atoms with Crippen LogP contribution in [0, 0.1) is 17.0 Å². The number of non-ortho nitro benzene ring substituents is 1. The zero-order valence-corrected chi connectivity index (χ0v) is 15.7. The van der Waals surface area contributed by atoms with Gasteiger partial charge in [0.25, 0.3) is 5.69 Å². The second-order valence-corrected chi connectivity index (χ2v) is 6.42. The smallest absolute Gasteiger partial charge is 0.271 e. The molecule has 2 rings (SSSR count). The molecule has 9 heteroatoms. The Labute approximate surface area is 161 Å². The predicted octanol–water partition coefficient (Wildman–Crippen LogP) is 3.82. The van der Waals surface area contributed by atoms with Crippen molar-refractivity contribution < 1.29 is 9.72 Å². The van der Waals surface area contributed by atoms with E-state index in [-0.39, 0.29) is 28.3 Å². The van der Waals surface area contributed by atoms with E-state index in [0.717, 1.165) is 5.56 Å². The summed E-state index contributed by atoms with van der Waals surface area (Å²) >= 11 is 11.3. The molecule has 0 aliphatic rings. The van der Waals surface area contributed by atoms with Gasteiger partial charge in [0, 0.05) is 24.9 Å². The van der Waals surface area contributed by atoms with Crippen LogP contribution in [0.4, 0.5) is 17.1 Å². The van der Waals surface area contributed by atoms with Gasteiger partial charge in [-0.15, -0.1) is 0 Å². The highest BCUT2D eigenvalue weighted by Crippen LogP contribution is 2.26. The lowest BCUT2D eigenvalue weighted by Gasteiger charge is -2.21. The molecule has 1 amide bonds. The van der Waals surface area contributed by atoms with Crippen LogP contribution in [-0.4, -0.2) is 34.4 Å². The van der Waals surface area contributed by atoms with Crippen LogP contribution in [0.25, 0.3) is 0 Å². The number of nitrogens with zero attached hydrogens (tertiary/aromatic N) is 2. The predicted molar refractivity (Wildman–Crippen MR) is 107 cm³/mol. The fourth-order valence-corrected chi connectivity index (χ4v) is 2.40. The number of hydrogen-bond acceptors (Lipinski definition) is 4. The zero-order chi connectivity index (χ0) is 19.3. The van der Waals surface area contributed by atoms with Gasteiger partial charge in [0.05, 0.1) is 22.2 Å². The normalized spacial score (nSPS) is 10.1. The molecular weight excluding hydrogens is 376 g/mol. The van der Waals surface area contributed by atoms with Gasteiger partial charge in [0.2, 0.25) is 5.91 Å². The van der Waals surface area contributed by atoms with Gasteiger partial charge >= 0.3 is 0 Å². The van der Waals surface area contributed by atoms with Crippen LogP contribution in [-0.2, 0) is 4.79 Å². The second kappa shape index (κ2) is 8.59. The number of carbonyl (C=O) groups is 1. The fourth-order valence-electron chi connectivity index (χ4n) is 2.06. The first kappa shape index (κ1) is 19.6. The third-order valence-electron chi connectivity index (χ3n) is 3.47. The summed E-state index contributed by atoms with van der Waals surface area (Å²) in [5.74, 6) is -0.245. The Kier molecular flexibility index (Phi) is 6.48. The number of benzene rings is 2. The number of anilines is 2. The van der Waals surface area contributed by atoms with E-state index in [2.05, 4.69) is 10.6 Å². The van der Waals surface area contributed by atoms with Gasteiger partial charge < -0.3 is 15.5 Å². The van der Waals surface area contributed by atoms with E-state index in [1.807, 2.05) is 31.2 Å². The third-order valence-corrected chi connectivity index (χ3v) is 4.21. The molecule has 26 heavy (non-hydrogen) atoms. The number of nitro groups is 1. The maximum absolute atomic E-state index is 12.1. The highest BCUT2D eigenvalue weighted by atomic mass is 35.5. The molecule has 2 aromatic carbocycles. The van der Waals surface area contributed by atoms with E-state index in [0.29, 0.717) is 11.4 Å². The first-order valence-electron chi connectivity index (χ1n) is 7.59. The Morgan fingerprint density at radius 1 is 1.23 bits per heavy atom. The van der Waals surface area contributed by atoms with E-state index in [1.54, 1.807) is 7.05 Å². The molecule has 0 fully saturated rings. The summed E-state index contributed by atoms with van der Waals surface area (Å²) in [6, 6.07) is 11.4. The number of hydrogen-bond donors (Lipinski definition) is 2. The van der Waals surface area contributed by atoms with E-state index in [1.165, 1.54) is 23.1 Å². The topological polar surface area (TPSA) is 87.5 Å². The summed E-state index contributed by atoms with van der Waals surface area (Å²) in [5, 5.41) is 17.0. The van der Waals surface area contributed by atoms with Gasteiger partial charge in [-0.3, -0.25) is 14.9 Å². The van der Waals surface area contributed by atoms with Gasteiger partial charge in [-0.2, -0.15) is 0 Å². The second-order valence-electron chi connectivity index (χ2n) is 5.62. The van der Waals surface area contributed by atoms with Crippen molar-refractivity contribution in [3.05, 3.63) is 63.2 Å². The number of rotatable bonds is 5. The Balaban J connectivity index is 1.97. The summed E-state index contributed by atoms with van der Waals surface area (Å²) in [7, 11) is 1.63. The van der Waals surface area contributed by atoms with Gasteiger partial charge in [-0.05, 0) is 37.3 Å². The van der Waals surface area contributed by atoms with Crippen molar-refractivity contribution in [3.63, 3.8) is 0 Å². The molecule has 0 bridgehead atoms. The van der Waals surface area contributed by atoms with Gasteiger partial charge in [0.15, 0.2) is 5.11 Å². The lowest BCUT2D eigenvalue weighted by atomic mass is 10.2. The van der Waals surface area contributed by atoms with Crippen molar-refractivity contribution >= 4 is 51.9 Å². The molecule has 0 unspecified atom stereocenters. The molecule has 0 atom stereocenters. The van der Waals surface area contributed by atoms with E-state index >= 15 is 0 Å². The molecule has 0 saturated carbocycles. The number of thiocarbonyl (C=S) groups is 1. The maximum atomic E-state index is 12.1. The molecule has 2 N–H and O–H groups in total. The summed E-state index contributed by atoms with van der Waals surface area (Å²) < 4.78 is 0. The summed E-state index contributed by atoms with van der Waals surface area (Å²) in [6.07, 6.45) is 0. The van der Waals surface area contributed by atoms with E-state index in [9.17, 15) is 14.9 Å². The molecular formula is C17H17ClN4O3S. The van der Waals surface area contributed by atoms with Crippen molar-refractivity contribution in [1.82, 2.24) is 4.90 Å². The molecule has 0 aromatic heterocycles. The molecule has 0 saturated heterocycles.